The van der Waals surface area contributed by atoms with Crippen molar-refractivity contribution in [3.05, 3.63) is 0 Å². The van der Waals surface area contributed by atoms with E-state index in [0.717, 1.165) is 12.7 Å². The number of ether oxygens (including phenoxy) is 1. The van der Waals surface area contributed by atoms with E-state index in [-0.39, 0.29) is 23.2 Å². The van der Waals surface area contributed by atoms with Gasteiger partial charge in [0.05, 0.1) is 12.5 Å². The Labute approximate surface area is 90.2 Å². The first-order chi connectivity index (χ1) is 7.04. The minimum atomic E-state index is -0.0796. The average Bonchev–Trinajstić information content (AvgIpc) is 3.00. The molecule has 0 heterocycles. The number of carbonyl (C=O) groups is 2. The third-order valence-electron chi connectivity index (χ3n) is 3.98. The normalized spacial score (nSPS) is 40.7. The Bertz CT molecular complexity index is 295. The number of carbonyl (C=O) groups excluding carboxylic acids is 2. The summed E-state index contributed by atoms with van der Waals surface area (Å²) in [6, 6.07) is 0. The predicted molar refractivity (Wildman–Crippen MR) is 55.1 cm³/mol. The molecule has 15 heavy (non-hydrogen) atoms. The van der Waals surface area contributed by atoms with E-state index in [0.29, 0.717) is 18.4 Å². The van der Waals surface area contributed by atoms with Crippen LogP contribution in [-0.4, -0.2) is 18.9 Å². The van der Waals surface area contributed by atoms with E-state index in [1.807, 2.05) is 6.92 Å². The molecule has 2 aliphatic carbocycles. The highest BCUT2D eigenvalue weighted by molar-refractivity contribution is 5.78. The summed E-state index contributed by atoms with van der Waals surface area (Å²) in [6.07, 6.45) is 1.99. The maximum atomic E-state index is 11.6. The standard InChI is InChI=1S/C12H18O3/c1-4-15-11(14)10-9(12(10,2)3)8-5-7(8)6-13/h6-10H,4-5H2,1-3H3/t7-,8-,9+,10+/m1/s1. The van der Waals surface area contributed by atoms with Gasteiger partial charge in [-0.15, -0.1) is 0 Å². The predicted octanol–water partition coefficient (Wildman–Crippen LogP) is 1.66. The first-order valence-corrected chi connectivity index (χ1v) is 5.66. The molecule has 3 heteroatoms. The van der Waals surface area contributed by atoms with Crippen LogP contribution in [0.15, 0.2) is 0 Å². The summed E-state index contributed by atoms with van der Waals surface area (Å²) in [5.74, 6) is 0.948. The summed E-state index contributed by atoms with van der Waals surface area (Å²) < 4.78 is 5.05. The first kappa shape index (κ1) is 10.7. The zero-order chi connectivity index (χ0) is 11.2. The fraction of sp³-hybridized carbons (Fsp3) is 0.833. The van der Waals surface area contributed by atoms with Crippen LogP contribution < -0.4 is 0 Å². The van der Waals surface area contributed by atoms with Gasteiger partial charge in [0.2, 0.25) is 0 Å². The molecule has 4 atom stereocenters. The smallest absolute Gasteiger partial charge is 0.309 e. The van der Waals surface area contributed by atoms with Crippen LogP contribution in [0.1, 0.15) is 27.2 Å². The topological polar surface area (TPSA) is 43.4 Å². The highest BCUT2D eigenvalue weighted by Gasteiger charge is 2.69. The number of aldehydes is 1. The van der Waals surface area contributed by atoms with Crippen molar-refractivity contribution in [2.45, 2.75) is 27.2 Å². The molecule has 0 unspecified atom stereocenters. The van der Waals surface area contributed by atoms with Gasteiger partial charge in [-0.05, 0) is 30.6 Å². The molecule has 0 N–H and O–H groups in total. The van der Waals surface area contributed by atoms with Crippen LogP contribution in [0.3, 0.4) is 0 Å². The van der Waals surface area contributed by atoms with E-state index in [9.17, 15) is 9.59 Å². The number of hydrogen-bond donors (Lipinski definition) is 0. The van der Waals surface area contributed by atoms with Gasteiger partial charge in [0.15, 0.2) is 0 Å². The van der Waals surface area contributed by atoms with Crippen molar-refractivity contribution in [1.29, 1.82) is 0 Å². The zero-order valence-electron chi connectivity index (χ0n) is 9.53. The lowest BCUT2D eigenvalue weighted by Gasteiger charge is -2.01. The molecule has 0 spiro atoms. The second kappa shape index (κ2) is 3.32. The number of esters is 1. The van der Waals surface area contributed by atoms with Gasteiger partial charge in [0.25, 0.3) is 0 Å². The lowest BCUT2D eigenvalue weighted by atomic mass is 10.1. The van der Waals surface area contributed by atoms with Crippen LogP contribution in [-0.2, 0) is 14.3 Å². The lowest BCUT2D eigenvalue weighted by molar-refractivity contribution is -0.145. The van der Waals surface area contributed by atoms with Gasteiger partial charge in [-0.1, -0.05) is 13.8 Å². The Hall–Kier alpha value is -0.860. The summed E-state index contributed by atoms with van der Waals surface area (Å²) in [5, 5.41) is 0. The van der Waals surface area contributed by atoms with E-state index in [1.54, 1.807) is 0 Å². The number of rotatable bonds is 4. The summed E-state index contributed by atoms with van der Waals surface area (Å²) in [7, 11) is 0. The molecule has 0 radical (unpaired) electrons. The fourth-order valence-corrected chi connectivity index (χ4v) is 2.96. The average molecular weight is 210 g/mol. The summed E-state index contributed by atoms with van der Waals surface area (Å²) >= 11 is 0. The van der Waals surface area contributed by atoms with Crippen molar-refractivity contribution in [3.8, 4) is 0 Å². The highest BCUT2D eigenvalue weighted by Crippen LogP contribution is 2.68. The lowest BCUT2D eigenvalue weighted by Crippen LogP contribution is -2.10. The van der Waals surface area contributed by atoms with Gasteiger partial charge in [-0.25, -0.2) is 0 Å². The zero-order valence-corrected chi connectivity index (χ0v) is 9.53. The Balaban J connectivity index is 1.98. The second-order valence-corrected chi connectivity index (χ2v) is 5.28. The van der Waals surface area contributed by atoms with E-state index in [2.05, 4.69) is 13.8 Å². The van der Waals surface area contributed by atoms with Crippen LogP contribution >= 0.6 is 0 Å². The molecule has 84 valence electrons. The van der Waals surface area contributed by atoms with Crippen molar-refractivity contribution in [3.63, 3.8) is 0 Å². The van der Waals surface area contributed by atoms with Gasteiger partial charge in [0, 0.05) is 5.92 Å². The van der Waals surface area contributed by atoms with Gasteiger partial charge in [-0.2, -0.15) is 0 Å². The molecule has 0 saturated heterocycles. The minimum Gasteiger partial charge on any atom is -0.466 e. The first-order valence-electron chi connectivity index (χ1n) is 5.66. The van der Waals surface area contributed by atoms with Crippen molar-refractivity contribution >= 4 is 12.3 Å². The maximum Gasteiger partial charge on any atom is 0.309 e. The Kier molecular flexibility index (Phi) is 2.36. The largest absolute Gasteiger partial charge is 0.466 e. The second-order valence-electron chi connectivity index (χ2n) is 5.28. The molecule has 0 aromatic carbocycles. The van der Waals surface area contributed by atoms with Crippen molar-refractivity contribution in [1.82, 2.24) is 0 Å². The van der Waals surface area contributed by atoms with Gasteiger partial charge in [-0.3, -0.25) is 4.79 Å². The summed E-state index contributed by atoms with van der Waals surface area (Å²) in [4.78, 5) is 22.3. The van der Waals surface area contributed by atoms with E-state index >= 15 is 0 Å². The molecule has 2 rings (SSSR count). The molecule has 0 amide bonds. The molecule has 2 aliphatic rings. The van der Waals surface area contributed by atoms with Crippen LogP contribution in [0.2, 0.25) is 0 Å². The Morgan fingerprint density at radius 1 is 1.53 bits per heavy atom. The molecular weight excluding hydrogens is 192 g/mol. The van der Waals surface area contributed by atoms with Gasteiger partial charge >= 0.3 is 5.97 Å². The third-order valence-corrected chi connectivity index (χ3v) is 3.98. The van der Waals surface area contributed by atoms with Crippen LogP contribution in [0.25, 0.3) is 0 Å². The van der Waals surface area contributed by atoms with Crippen LogP contribution in [0.5, 0.6) is 0 Å². The van der Waals surface area contributed by atoms with Gasteiger partial charge < -0.3 is 9.53 Å². The van der Waals surface area contributed by atoms with Crippen LogP contribution in [0, 0.1) is 29.1 Å². The Morgan fingerprint density at radius 3 is 2.67 bits per heavy atom. The summed E-state index contributed by atoms with van der Waals surface area (Å²) in [5.41, 5.74) is 0.0364. The van der Waals surface area contributed by atoms with Crippen molar-refractivity contribution < 1.29 is 14.3 Å². The molecule has 3 nitrogen and oxygen atoms in total. The van der Waals surface area contributed by atoms with Gasteiger partial charge in [0.1, 0.15) is 6.29 Å². The molecule has 0 bridgehead atoms. The molecule has 2 saturated carbocycles. The van der Waals surface area contributed by atoms with Crippen molar-refractivity contribution in [2.75, 3.05) is 6.61 Å². The van der Waals surface area contributed by atoms with E-state index in [1.165, 1.54) is 0 Å². The highest BCUT2D eigenvalue weighted by atomic mass is 16.5. The number of hydrogen-bond acceptors (Lipinski definition) is 3. The van der Waals surface area contributed by atoms with E-state index < -0.39 is 0 Å². The summed E-state index contributed by atoms with van der Waals surface area (Å²) in [6.45, 7) is 6.46. The fourth-order valence-electron chi connectivity index (χ4n) is 2.96. The quantitative estimate of drug-likeness (QED) is 0.523. The SMILES string of the molecule is CCOC(=O)[C@@H]1[C@H]([C@@H]2C[C@@H]2C=O)C1(C)C. The van der Waals surface area contributed by atoms with E-state index in [4.69, 9.17) is 4.74 Å². The molecule has 0 aromatic rings. The maximum absolute atomic E-state index is 11.6. The monoisotopic (exact) mass is 210 g/mol. The minimum absolute atomic E-state index is 0.0207. The molecule has 2 fully saturated rings. The molecule has 0 aromatic heterocycles. The Morgan fingerprint density at radius 2 is 2.20 bits per heavy atom. The van der Waals surface area contributed by atoms with Crippen LogP contribution in [0.4, 0.5) is 0 Å². The third kappa shape index (κ3) is 1.58. The molecule has 0 aliphatic heterocycles. The molecular formula is C12H18O3. The van der Waals surface area contributed by atoms with Crippen molar-refractivity contribution in [2.24, 2.45) is 29.1 Å².